The van der Waals surface area contributed by atoms with Gasteiger partial charge in [0.1, 0.15) is 0 Å². The Bertz CT molecular complexity index is 914. The highest BCUT2D eigenvalue weighted by Gasteiger charge is 2.35. The number of nitrogens with one attached hydrogen (secondary N) is 1. The lowest BCUT2D eigenvalue weighted by Crippen LogP contribution is -2.50. The molecule has 0 radical (unpaired) electrons. The first-order chi connectivity index (χ1) is 15.2. The molecule has 0 aliphatic carbocycles. The predicted octanol–water partition coefficient (Wildman–Crippen LogP) is 4.00. The summed E-state index contributed by atoms with van der Waals surface area (Å²) in [4.78, 5) is 6.94. The number of halogens is 1. The average molecular weight is 551 g/mol. The van der Waals surface area contributed by atoms with E-state index in [0.29, 0.717) is 0 Å². The number of nitrogens with zero attached hydrogens (tertiary/aromatic N) is 2. The van der Waals surface area contributed by atoms with Gasteiger partial charge in [-0.3, -0.25) is 4.99 Å². The molecule has 0 bridgehead atoms. The van der Waals surface area contributed by atoms with Crippen LogP contribution >= 0.6 is 24.0 Å². The number of benzene rings is 2. The molecular formula is C25H34IN3O3. The van der Waals surface area contributed by atoms with Crippen LogP contribution < -0.4 is 14.8 Å². The van der Waals surface area contributed by atoms with Gasteiger partial charge in [-0.05, 0) is 48.1 Å². The molecule has 0 amide bonds. The first-order valence-corrected chi connectivity index (χ1v) is 11.0. The minimum absolute atomic E-state index is 0. The van der Waals surface area contributed by atoms with Crippen LogP contribution in [0.2, 0.25) is 0 Å². The molecule has 7 heteroatoms. The third kappa shape index (κ3) is 5.14. The van der Waals surface area contributed by atoms with Crippen LogP contribution in [-0.2, 0) is 23.1 Å². The van der Waals surface area contributed by atoms with Crippen LogP contribution in [0.3, 0.4) is 0 Å². The minimum Gasteiger partial charge on any atom is -0.493 e. The van der Waals surface area contributed by atoms with Crippen molar-refractivity contribution >= 4 is 29.9 Å². The quantitative estimate of drug-likeness (QED) is 0.346. The first kappa shape index (κ1) is 24.6. The largest absolute Gasteiger partial charge is 0.493 e. The molecule has 174 valence electrons. The summed E-state index contributed by atoms with van der Waals surface area (Å²) in [5.74, 6) is 2.51. The van der Waals surface area contributed by atoms with Crippen molar-refractivity contribution in [2.75, 3.05) is 47.6 Å². The fourth-order valence-corrected chi connectivity index (χ4v) is 4.77. The smallest absolute Gasteiger partial charge is 0.193 e. The number of aliphatic imine (C=N–C) groups is 1. The minimum atomic E-state index is 0. The van der Waals surface area contributed by atoms with Crippen LogP contribution in [0.5, 0.6) is 11.5 Å². The molecule has 1 saturated heterocycles. The number of rotatable bonds is 5. The zero-order chi connectivity index (χ0) is 21.7. The molecule has 2 aliphatic rings. The number of hydrogen-bond acceptors (Lipinski definition) is 4. The molecule has 1 fully saturated rings. The van der Waals surface area contributed by atoms with Crippen LogP contribution in [0.25, 0.3) is 0 Å². The van der Waals surface area contributed by atoms with Crippen LogP contribution in [0, 0.1) is 0 Å². The van der Waals surface area contributed by atoms with E-state index in [1.165, 1.54) is 16.7 Å². The fourth-order valence-electron chi connectivity index (χ4n) is 4.77. The van der Waals surface area contributed by atoms with Crippen molar-refractivity contribution in [2.24, 2.45) is 4.99 Å². The van der Waals surface area contributed by atoms with Crippen LogP contribution in [0.4, 0.5) is 0 Å². The predicted molar refractivity (Wildman–Crippen MR) is 139 cm³/mol. The van der Waals surface area contributed by atoms with E-state index in [1.54, 1.807) is 14.2 Å². The summed E-state index contributed by atoms with van der Waals surface area (Å²) in [5.41, 5.74) is 4.02. The topological polar surface area (TPSA) is 55.3 Å². The van der Waals surface area contributed by atoms with Crippen LogP contribution in [-0.4, -0.2) is 58.4 Å². The van der Waals surface area contributed by atoms with Crippen LogP contribution in [0.1, 0.15) is 29.5 Å². The zero-order valence-corrected chi connectivity index (χ0v) is 21.6. The number of guanidine groups is 1. The Morgan fingerprint density at radius 2 is 1.72 bits per heavy atom. The van der Waals surface area contributed by atoms with E-state index in [1.807, 2.05) is 7.05 Å². The third-order valence-corrected chi connectivity index (χ3v) is 6.65. The molecule has 2 aromatic rings. The first-order valence-electron chi connectivity index (χ1n) is 11.0. The summed E-state index contributed by atoms with van der Waals surface area (Å²) in [5, 5.41) is 3.69. The Hall–Kier alpha value is -2.00. The number of methoxy groups -OCH3 is 2. The van der Waals surface area contributed by atoms with Gasteiger partial charge in [-0.1, -0.05) is 30.3 Å². The second kappa shape index (κ2) is 11.2. The maximum absolute atomic E-state index is 5.68. The van der Waals surface area contributed by atoms with Crippen LogP contribution in [0.15, 0.2) is 47.5 Å². The van der Waals surface area contributed by atoms with Crippen molar-refractivity contribution in [2.45, 2.75) is 31.2 Å². The standard InChI is InChI=1S/C25H33N3O3.HI/c1-26-24(27-18-25(10-13-31-14-11-25)21-7-5-4-6-8-21)28-12-9-19-15-22(29-2)23(30-3)16-20(19)17-28;/h4-8,15-16H,9-14,17-18H2,1-3H3,(H,26,27);1H. The summed E-state index contributed by atoms with van der Waals surface area (Å²) < 4.78 is 16.7. The van der Waals surface area contributed by atoms with Gasteiger partial charge in [0.15, 0.2) is 17.5 Å². The number of hydrogen-bond donors (Lipinski definition) is 1. The Kier molecular flexibility index (Phi) is 8.64. The lowest BCUT2D eigenvalue weighted by atomic mass is 9.74. The molecule has 1 N–H and O–H groups in total. The van der Waals surface area contributed by atoms with Gasteiger partial charge in [-0.2, -0.15) is 0 Å². The van der Waals surface area contributed by atoms with Gasteiger partial charge in [0.05, 0.1) is 14.2 Å². The number of fused-ring (bicyclic) bond motifs is 1. The summed E-state index contributed by atoms with van der Waals surface area (Å²) in [6, 6.07) is 15.0. The van der Waals surface area contributed by atoms with E-state index < -0.39 is 0 Å². The molecule has 2 aliphatic heterocycles. The molecule has 0 unspecified atom stereocenters. The highest BCUT2D eigenvalue weighted by atomic mass is 127. The van der Waals surface area contributed by atoms with Crippen molar-refractivity contribution in [3.63, 3.8) is 0 Å². The monoisotopic (exact) mass is 551 g/mol. The molecule has 32 heavy (non-hydrogen) atoms. The van der Waals surface area contributed by atoms with E-state index in [0.717, 1.165) is 69.6 Å². The Morgan fingerprint density at radius 1 is 1.06 bits per heavy atom. The summed E-state index contributed by atoms with van der Waals surface area (Å²) >= 11 is 0. The summed E-state index contributed by atoms with van der Waals surface area (Å²) in [6.07, 6.45) is 2.98. The molecule has 0 atom stereocenters. The normalized spacial score (nSPS) is 17.7. The van der Waals surface area contributed by atoms with Gasteiger partial charge in [0.2, 0.25) is 0 Å². The van der Waals surface area contributed by atoms with Crippen molar-refractivity contribution < 1.29 is 14.2 Å². The molecule has 0 aromatic heterocycles. The molecule has 4 rings (SSSR count). The zero-order valence-electron chi connectivity index (χ0n) is 19.2. The van der Waals surface area contributed by atoms with E-state index in [9.17, 15) is 0 Å². The summed E-state index contributed by atoms with van der Waals surface area (Å²) in [7, 11) is 5.23. The Labute approximate surface area is 208 Å². The second-order valence-electron chi connectivity index (χ2n) is 8.31. The molecule has 6 nitrogen and oxygen atoms in total. The van der Waals surface area contributed by atoms with Gasteiger partial charge in [0, 0.05) is 45.3 Å². The SMILES string of the molecule is CN=C(NCC1(c2ccccc2)CCOCC1)N1CCc2cc(OC)c(OC)cc2C1.I. The molecular weight excluding hydrogens is 517 g/mol. The molecule has 0 spiro atoms. The van der Waals surface area contributed by atoms with Gasteiger partial charge in [-0.25, -0.2) is 0 Å². The van der Waals surface area contributed by atoms with Gasteiger partial charge < -0.3 is 24.4 Å². The van der Waals surface area contributed by atoms with Gasteiger partial charge in [-0.15, -0.1) is 24.0 Å². The Morgan fingerprint density at radius 3 is 2.34 bits per heavy atom. The third-order valence-electron chi connectivity index (χ3n) is 6.65. The lowest BCUT2D eigenvalue weighted by Gasteiger charge is -2.40. The summed E-state index contributed by atoms with van der Waals surface area (Å²) in [6.45, 7) is 4.17. The van der Waals surface area contributed by atoms with E-state index in [2.05, 4.69) is 57.7 Å². The Balaban J connectivity index is 0.00000289. The molecule has 2 aromatic carbocycles. The maximum Gasteiger partial charge on any atom is 0.193 e. The average Bonchev–Trinajstić information content (AvgIpc) is 2.84. The maximum atomic E-state index is 5.68. The molecule has 0 saturated carbocycles. The second-order valence-corrected chi connectivity index (χ2v) is 8.31. The van der Waals surface area contributed by atoms with E-state index >= 15 is 0 Å². The van der Waals surface area contributed by atoms with E-state index in [4.69, 9.17) is 14.2 Å². The highest BCUT2D eigenvalue weighted by molar-refractivity contribution is 14.0. The van der Waals surface area contributed by atoms with Gasteiger partial charge in [0.25, 0.3) is 0 Å². The highest BCUT2D eigenvalue weighted by Crippen LogP contribution is 2.35. The van der Waals surface area contributed by atoms with Gasteiger partial charge >= 0.3 is 0 Å². The molecule has 2 heterocycles. The van der Waals surface area contributed by atoms with Crippen molar-refractivity contribution in [1.29, 1.82) is 0 Å². The van der Waals surface area contributed by atoms with Crippen molar-refractivity contribution in [3.05, 3.63) is 59.2 Å². The van der Waals surface area contributed by atoms with Crippen molar-refractivity contribution in [1.82, 2.24) is 10.2 Å². The lowest BCUT2D eigenvalue weighted by molar-refractivity contribution is 0.0511. The fraction of sp³-hybridized carbons (Fsp3) is 0.480. The van der Waals surface area contributed by atoms with E-state index in [-0.39, 0.29) is 29.4 Å². The van der Waals surface area contributed by atoms with Crippen molar-refractivity contribution in [3.8, 4) is 11.5 Å². The number of ether oxygens (including phenoxy) is 3.